The first kappa shape index (κ1) is 6.59. The van der Waals surface area contributed by atoms with Gasteiger partial charge in [-0.05, 0) is 35.0 Å². The average Bonchev–Trinajstić information content (AvgIpc) is 2.57. The van der Waals surface area contributed by atoms with Gasteiger partial charge in [-0.2, -0.15) is 4.68 Å². The molecule has 0 atom stereocenters. The number of hydrogen-bond donors (Lipinski definition) is 1. The van der Waals surface area contributed by atoms with Crippen LogP contribution in [0.1, 0.15) is 6.93 Å². The maximum atomic E-state index is 11.2. The van der Waals surface area contributed by atoms with E-state index in [1.807, 2.05) is 0 Å². The van der Waals surface area contributed by atoms with Gasteiger partial charge < -0.3 is 0 Å². The van der Waals surface area contributed by atoms with E-state index in [-0.39, 0.29) is 6.04 Å². The second-order valence-electron chi connectivity index (χ2n) is 2.64. The highest BCUT2D eigenvalue weighted by Crippen LogP contribution is 2.05. The minimum absolute atomic E-state index is 0.281. The fourth-order valence-electron chi connectivity index (χ4n) is 1.05. The van der Waals surface area contributed by atoms with E-state index in [1.54, 1.807) is 25.1 Å². The molecule has 0 saturated carbocycles. The molecule has 0 aliphatic carbocycles. The van der Waals surface area contributed by atoms with Crippen molar-refractivity contribution in [1.29, 1.82) is 0 Å². The van der Waals surface area contributed by atoms with Crippen molar-refractivity contribution >= 4 is 0 Å². The van der Waals surface area contributed by atoms with Crippen LogP contribution in [0.15, 0.2) is 29.0 Å². The van der Waals surface area contributed by atoms with Crippen molar-refractivity contribution in [2.75, 3.05) is 0 Å². The molecule has 0 unspecified atom stereocenters. The van der Waals surface area contributed by atoms with Crippen molar-refractivity contribution in [1.82, 2.24) is 20.2 Å². The minimum atomic E-state index is -0.441. The van der Waals surface area contributed by atoms with Gasteiger partial charge in [0.2, 0.25) is 0 Å². The molecular weight excluding hydrogens is 168 g/mol. The number of hydrogen-bond acceptors (Lipinski definition) is 3. The van der Waals surface area contributed by atoms with Crippen molar-refractivity contribution < 1.29 is 1.37 Å². The molecular formula is C8H8N4O. The molecule has 0 aliphatic rings. The highest BCUT2D eigenvalue weighted by molar-refractivity contribution is 5.33. The van der Waals surface area contributed by atoms with Gasteiger partial charge in [-0.15, -0.1) is 0 Å². The maximum absolute atomic E-state index is 11.2. The van der Waals surface area contributed by atoms with Gasteiger partial charge in [-0.25, -0.2) is 9.89 Å². The summed E-state index contributed by atoms with van der Waals surface area (Å²) >= 11 is 0. The predicted octanol–water partition coefficient (Wildman–Crippen LogP) is 0.264. The Morgan fingerprint density at radius 2 is 2.46 bits per heavy atom. The fraction of sp³-hybridized carbons (Fsp3) is 0.125. The van der Waals surface area contributed by atoms with Crippen LogP contribution in [0.5, 0.6) is 0 Å². The van der Waals surface area contributed by atoms with Crippen LogP contribution in [0.4, 0.5) is 0 Å². The number of benzene rings is 1. The molecule has 0 amide bonds. The maximum Gasteiger partial charge on any atom is 0.365 e. The monoisotopic (exact) mass is 178 g/mol. The number of aromatic nitrogens is 4. The van der Waals surface area contributed by atoms with E-state index in [0.29, 0.717) is 5.69 Å². The molecule has 1 aromatic heterocycles. The van der Waals surface area contributed by atoms with Crippen LogP contribution in [-0.2, 0) is 0 Å². The number of H-pyrrole nitrogens is 1. The topological polar surface area (TPSA) is 63.6 Å². The number of aryl methyl sites for hydroxylation is 1. The van der Waals surface area contributed by atoms with Gasteiger partial charge in [-0.3, -0.25) is 0 Å². The number of tetrazole rings is 1. The van der Waals surface area contributed by atoms with E-state index in [2.05, 4.69) is 15.5 Å². The van der Waals surface area contributed by atoms with Crippen LogP contribution >= 0.6 is 0 Å². The van der Waals surface area contributed by atoms with Crippen LogP contribution in [0.3, 0.4) is 0 Å². The van der Waals surface area contributed by atoms with E-state index in [0.717, 1.165) is 10.2 Å². The van der Waals surface area contributed by atoms with E-state index < -0.39 is 5.69 Å². The summed E-state index contributed by atoms with van der Waals surface area (Å²) < 4.78 is 8.79. The second kappa shape index (κ2) is 2.85. The lowest BCUT2D eigenvalue weighted by molar-refractivity contribution is 0.779. The number of aromatic amines is 1. The lowest BCUT2D eigenvalue weighted by Crippen LogP contribution is -2.15. The van der Waals surface area contributed by atoms with Crippen LogP contribution in [0, 0.1) is 6.92 Å². The minimum Gasteiger partial charge on any atom is -0.244 e. The molecule has 1 heterocycles. The van der Waals surface area contributed by atoms with Crippen LogP contribution in [-0.4, -0.2) is 20.2 Å². The molecule has 1 aromatic carbocycles. The molecule has 66 valence electrons. The van der Waals surface area contributed by atoms with Crippen molar-refractivity contribution in [3.8, 4) is 5.69 Å². The quantitative estimate of drug-likeness (QED) is 0.681. The SMILES string of the molecule is [3H]c1c(C)cccc1-n1nn[nH]c1=O. The van der Waals surface area contributed by atoms with Gasteiger partial charge in [0.05, 0.1) is 7.06 Å². The number of rotatable bonds is 1. The molecule has 1 N–H and O–H groups in total. The van der Waals surface area contributed by atoms with Crippen LogP contribution in [0.2, 0.25) is 0 Å². The summed E-state index contributed by atoms with van der Waals surface area (Å²) in [6.07, 6.45) is 0. The first-order valence-corrected chi connectivity index (χ1v) is 3.77. The molecule has 5 heteroatoms. The molecule has 0 fully saturated rings. The van der Waals surface area contributed by atoms with E-state index >= 15 is 0 Å². The van der Waals surface area contributed by atoms with E-state index in [4.69, 9.17) is 1.37 Å². The normalized spacial score (nSPS) is 11.3. The highest BCUT2D eigenvalue weighted by atomic mass is 16.2. The molecule has 0 saturated heterocycles. The zero-order valence-corrected chi connectivity index (χ0v) is 6.98. The summed E-state index contributed by atoms with van der Waals surface area (Å²) in [5.41, 5.74) is 0.783. The molecule has 2 aromatic rings. The molecule has 0 spiro atoms. The van der Waals surface area contributed by atoms with Crippen LogP contribution in [0.25, 0.3) is 5.69 Å². The largest absolute Gasteiger partial charge is 0.365 e. The highest BCUT2D eigenvalue weighted by Gasteiger charge is 2.01. The molecule has 5 nitrogen and oxygen atoms in total. The summed E-state index contributed by atoms with van der Waals surface area (Å²) in [6, 6.07) is 5.50. The van der Waals surface area contributed by atoms with Crippen molar-refractivity contribution in [2.45, 2.75) is 6.92 Å². The Balaban J connectivity index is 2.69. The van der Waals surface area contributed by atoms with Gasteiger partial charge in [0.1, 0.15) is 0 Å². The summed E-state index contributed by atoms with van der Waals surface area (Å²) in [4.78, 5) is 11.2. The van der Waals surface area contributed by atoms with E-state index in [1.165, 1.54) is 0 Å². The Morgan fingerprint density at radius 1 is 1.62 bits per heavy atom. The number of nitrogens with one attached hydrogen (secondary N) is 1. The summed E-state index contributed by atoms with van der Waals surface area (Å²) in [5.74, 6) is 0. The lowest BCUT2D eigenvalue weighted by atomic mass is 10.2. The van der Waals surface area contributed by atoms with Crippen molar-refractivity contribution in [2.24, 2.45) is 0 Å². The van der Waals surface area contributed by atoms with Crippen molar-refractivity contribution in [3.05, 3.63) is 40.3 Å². The molecule has 2 rings (SSSR count). The van der Waals surface area contributed by atoms with Gasteiger partial charge in [0.25, 0.3) is 0 Å². The molecule has 0 bridgehead atoms. The first-order chi connectivity index (χ1) is 6.70. The summed E-state index contributed by atoms with van der Waals surface area (Å²) in [6.45, 7) is 1.80. The Hall–Kier alpha value is -1.91. The summed E-state index contributed by atoms with van der Waals surface area (Å²) in [7, 11) is 0. The van der Waals surface area contributed by atoms with Gasteiger partial charge in [-0.1, -0.05) is 12.1 Å². The third-order valence-corrected chi connectivity index (χ3v) is 1.63. The molecule has 0 radical (unpaired) electrons. The average molecular weight is 178 g/mol. The molecule has 0 aliphatic heterocycles. The van der Waals surface area contributed by atoms with Gasteiger partial charge in [0, 0.05) is 0 Å². The smallest absolute Gasteiger partial charge is 0.244 e. The van der Waals surface area contributed by atoms with Gasteiger partial charge in [0.15, 0.2) is 0 Å². The third-order valence-electron chi connectivity index (χ3n) is 1.63. The third kappa shape index (κ3) is 1.35. The standard InChI is InChI=1S/C8H8N4O/c1-6-3-2-4-7(5-6)12-8(13)9-10-11-12/h2-5H,1H3,(H,9,11,13)/i5T. The Labute approximate surface area is 75.4 Å². The second-order valence-corrected chi connectivity index (χ2v) is 2.64. The first-order valence-electron chi connectivity index (χ1n) is 4.27. The van der Waals surface area contributed by atoms with E-state index in [9.17, 15) is 4.79 Å². The van der Waals surface area contributed by atoms with Crippen LogP contribution < -0.4 is 5.69 Å². The lowest BCUT2D eigenvalue weighted by Gasteiger charge is -1.97. The van der Waals surface area contributed by atoms with Crippen molar-refractivity contribution in [3.63, 3.8) is 0 Å². The Bertz CT molecular complexity index is 516. The predicted molar refractivity (Wildman–Crippen MR) is 46.7 cm³/mol. The van der Waals surface area contributed by atoms with Gasteiger partial charge >= 0.3 is 5.69 Å². The fourth-order valence-corrected chi connectivity index (χ4v) is 1.05. The summed E-state index contributed by atoms with van der Waals surface area (Å²) in [5, 5.41) is 9.10. The number of nitrogens with zero attached hydrogens (tertiary/aromatic N) is 3. The Kier molecular flexibility index (Phi) is 1.45. The zero-order valence-electron chi connectivity index (χ0n) is 7.98. The zero-order chi connectivity index (χ0) is 10.1. The molecule has 13 heavy (non-hydrogen) atoms. The Morgan fingerprint density at radius 3 is 3.15 bits per heavy atom.